The van der Waals surface area contributed by atoms with Crippen LogP contribution in [0, 0.1) is 6.92 Å². The first-order valence-corrected chi connectivity index (χ1v) is 6.48. The van der Waals surface area contributed by atoms with E-state index in [-0.39, 0.29) is 5.91 Å². The molecule has 0 fully saturated rings. The van der Waals surface area contributed by atoms with E-state index >= 15 is 0 Å². The molecule has 1 heterocycles. The summed E-state index contributed by atoms with van der Waals surface area (Å²) in [7, 11) is 0. The molecule has 0 radical (unpaired) electrons. The number of hydrogen-bond donors (Lipinski definition) is 2. The van der Waals surface area contributed by atoms with E-state index in [1.54, 1.807) is 25.1 Å². The molecule has 0 aliphatic heterocycles. The Morgan fingerprint density at radius 3 is 2.95 bits per heavy atom. The van der Waals surface area contributed by atoms with Gasteiger partial charge in [-0.3, -0.25) is 4.79 Å². The summed E-state index contributed by atoms with van der Waals surface area (Å²) in [5.74, 6) is 0.908. The molecule has 19 heavy (non-hydrogen) atoms. The minimum atomic E-state index is -0.185. The number of nitrogens with one attached hydrogen (secondary N) is 1. The predicted molar refractivity (Wildman–Crippen MR) is 73.6 cm³/mol. The summed E-state index contributed by atoms with van der Waals surface area (Å²) in [5.41, 5.74) is 6.76. The van der Waals surface area contributed by atoms with Gasteiger partial charge in [0.25, 0.3) is 5.91 Å². The first-order chi connectivity index (χ1) is 9.06. The maximum atomic E-state index is 11.9. The van der Waals surface area contributed by atoms with Crippen LogP contribution in [0.1, 0.15) is 22.1 Å². The van der Waals surface area contributed by atoms with E-state index in [1.807, 2.05) is 0 Å². The van der Waals surface area contributed by atoms with Crippen molar-refractivity contribution in [2.75, 3.05) is 12.3 Å². The number of nitrogens with zero attached hydrogens (tertiary/aromatic N) is 2. The second kappa shape index (κ2) is 5.83. The molecule has 0 spiro atoms. The lowest BCUT2D eigenvalue weighted by molar-refractivity contribution is 0.0953. The molecule has 0 saturated carbocycles. The molecule has 6 nitrogen and oxygen atoms in total. The van der Waals surface area contributed by atoms with E-state index in [4.69, 9.17) is 10.3 Å². The lowest BCUT2D eigenvalue weighted by Crippen LogP contribution is -2.25. The average Bonchev–Trinajstić information content (AvgIpc) is 2.78. The van der Waals surface area contributed by atoms with Crippen molar-refractivity contribution in [2.45, 2.75) is 13.3 Å². The summed E-state index contributed by atoms with van der Waals surface area (Å²) in [4.78, 5) is 15.9. The molecule has 1 amide bonds. The average molecular weight is 325 g/mol. The maximum absolute atomic E-state index is 11.9. The number of rotatable bonds is 4. The third-order valence-corrected chi connectivity index (χ3v) is 3.17. The largest absolute Gasteiger partial charge is 0.398 e. The summed E-state index contributed by atoms with van der Waals surface area (Å²) >= 11 is 3.28. The van der Waals surface area contributed by atoms with Gasteiger partial charge in [0.2, 0.25) is 5.89 Å². The number of carbonyl (C=O) groups excluding carboxylic acids is 1. The molecule has 0 aliphatic rings. The van der Waals surface area contributed by atoms with E-state index in [0.717, 1.165) is 4.47 Å². The van der Waals surface area contributed by atoms with Gasteiger partial charge in [-0.1, -0.05) is 5.16 Å². The molecule has 0 bridgehead atoms. The second-order valence-electron chi connectivity index (χ2n) is 3.98. The first kappa shape index (κ1) is 13.5. The Balaban J connectivity index is 1.89. The number of hydrogen-bond acceptors (Lipinski definition) is 5. The Morgan fingerprint density at radius 2 is 2.32 bits per heavy atom. The number of amides is 1. The van der Waals surface area contributed by atoms with Gasteiger partial charge >= 0.3 is 0 Å². The second-order valence-corrected chi connectivity index (χ2v) is 4.83. The molecule has 1 aromatic carbocycles. The molecule has 0 unspecified atom stereocenters. The Hall–Kier alpha value is -1.89. The highest BCUT2D eigenvalue weighted by molar-refractivity contribution is 9.10. The molecular weight excluding hydrogens is 312 g/mol. The van der Waals surface area contributed by atoms with Crippen molar-refractivity contribution < 1.29 is 9.32 Å². The number of aryl methyl sites for hydroxylation is 1. The minimum absolute atomic E-state index is 0.185. The summed E-state index contributed by atoms with van der Waals surface area (Å²) < 4.78 is 5.72. The molecule has 3 N–H and O–H groups in total. The highest BCUT2D eigenvalue weighted by Gasteiger charge is 2.08. The van der Waals surface area contributed by atoms with E-state index in [1.165, 1.54) is 0 Å². The number of nitrogens with two attached hydrogens (primary N) is 1. The van der Waals surface area contributed by atoms with Crippen LogP contribution >= 0.6 is 15.9 Å². The number of anilines is 1. The Kier molecular flexibility index (Phi) is 4.16. The molecule has 2 aromatic rings. The standard InChI is InChI=1S/C12H13BrN4O2/c1-7-16-11(19-17-7)4-5-15-12(18)8-2-3-9(13)10(14)6-8/h2-3,6H,4-5,14H2,1H3,(H,15,18). The van der Waals surface area contributed by atoms with Crippen LogP contribution in [0.3, 0.4) is 0 Å². The number of aromatic nitrogens is 2. The fourth-order valence-electron chi connectivity index (χ4n) is 1.51. The molecule has 0 aliphatic carbocycles. The van der Waals surface area contributed by atoms with E-state index in [2.05, 4.69) is 31.4 Å². The van der Waals surface area contributed by atoms with Crippen LogP contribution < -0.4 is 11.1 Å². The van der Waals surface area contributed by atoms with Gasteiger partial charge in [0.1, 0.15) is 0 Å². The first-order valence-electron chi connectivity index (χ1n) is 5.68. The van der Waals surface area contributed by atoms with Gasteiger partial charge in [0.15, 0.2) is 5.82 Å². The quantitative estimate of drug-likeness (QED) is 0.835. The van der Waals surface area contributed by atoms with Gasteiger partial charge in [0.05, 0.1) is 0 Å². The van der Waals surface area contributed by atoms with Crippen molar-refractivity contribution in [3.8, 4) is 0 Å². The topological polar surface area (TPSA) is 94.0 Å². The van der Waals surface area contributed by atoms with Crippen LogP contribution in [-0.2, 0) is 6.42 Å². The Bertz CT molecular complexity index is 597. The molecule has 1 aromatic heterocycles. The summed E-state index contributed by atoms with van der Waals surface area (Å²) in [6.07, 6.45) is 0.499. The van der Waals surface area contributed by atoms with E-state index in [9.17, 15) is 4.79 Å². The normalized spacial score (nSPS) is 10.4. The zero-order valence-electron chi connectivity index (χ0n) is 10.3. The molecule has 0 atom stereocenters. The third-order valence-electron chi connectivity index (χ3n) is 2.45. The van der Waals surface area contributed by atoms with Crippen molar-refractivity contribution in [2.24, 2.45) is 0 Å². The molecular formula is C12H13BrN4O2. The maximum Gasteiger partial charge on any atom is 0.251 e. The smallest absolute Gasteiger partial charge is 0.251 e. The van der Waals surface area contributed by atoms with Crippen molar-refractivity contribution in [1.82, 2.24) is 15.5 Å². The zero-order chi connectivity index (χ0) is 13.8. The number of halogens is 1. The van der Waals surface area contributed by atoms with Crippen molar-refractivity contribution in [3.05, 3.63) is 40.0 Å². The van der Waals surface area contributed by atoms with Crippen LogP contribution in [0.2, 0.25) is 0 Å². The van der Waals surface area contributed by atoms with Crippen molar-refractivity contribution >= 4 is 27.5 Å². The zero-order valence-corrected chi connectivity index (χ0v) is 11.9. The van der Waals surface area contributed by atoms with Crippen molar-refractivity contribution in [3.63, 3.8) is 0 Å². The molecule has 7 heteroatoms. The Morgan fingerprint density at radius 1 is 1.53 bits per heavy atom. The molecule has 0 saturated heterocycles. The lowest BCUT2D eigenvalue weighted by Gasteiger charge is -2.05. The van der Waals surface area contributed by atoms with Crippen LogP contribution in [0.25, 0.3) is 0 Å². The highest BCUT2D eigenvalue weighted by Crippen LogP contribution is 2.20. The van der Waals surface area contributed by atoms with Gasteiger partial charge in [-0.2, -0.15) is 4.98 Å². The fourth-order valence-corrected chi connectivity index (χ4v) is 1.76. The van der Waals surface area contributed by atoms with E-state index < -0.39 is 0 Å². The van der Waals surface area contributed by atoms with Gasteiger partial charge in [-0.05, 0) is 41.1 Å². The van der Waals surface area contributed by atoms with Crippen molar-refractivity contribution in [1.29, 1.82) is 0 Å². The van der Waals surface area contributed by atoms with Gasteiger partial charge in [-0.25, -0.2) is 0 Å². The number of carbonyl (C=O) groups is 1. The van der Waals surface area contributed by atoms with Gasteiger partial charge in [-0.15, -0.1) is 0 Å². The highest BCUT2D eigenvalue weighted by atomic mass is 79.9. The van der Waals surface area contributed by atoms with Crippen LogP contribution in [0.5, 0.6) is 0 Å². The fraction of sp³-hybridized carbons (Fsp3) is 0.250. The summed E-state index contributed by atoms with van der Waals surface area (Å²) in [5, 5.41) is 6.44. The van der Waals surface area contributed by atoms with Crippen LogP contribution in [0.15, 0.2) is 27.2 Å². The molecule has 2 rings (SSSR count). The monoisotopic (exact) mass is 324 g/mol. The summed E-state index contributed by atoms with van der Waals surface area (Å²) in [6.45, 7) is 2.17. The van der Waals surface area contributed by atoms with E-state index in [0.29, 0.717) is 35.9 Å². The number of benzene rings is 1. The van der Waals surface area contributed by atoms with Crippen LogP contribution in [0.4, 0.5) is 5.69 Å². The lowest BCUT2D eigenvalue weighted by atomic mass is 10.2. The third kappa shape index (κ3) is 3.54. The van der Waals surface area contributed by atoms with Gasteiger partial charge < -0.3 is 15.6 Å². The molecule has 100 valence electrons. The van der Waals surface area contributed by atoms with Gasteiger partial charge in [0, 0.05) is 28.7 Å². The van der Waals surface area contributed by atoms with Crippen LogP contribution in [-0.4, -0.2) is 22.6 Å². The Labute approximate surface area is 118 Å². The minimum Gasteiger partial charge on any atom is -0.398 e. The number of nitrogen functional groups attached to an aromatic ring is 1. The summed E-state index contributed by atoms with van der Waals surface area (Å²) in [6, 6.07) is 5.06. The predicted octanol–water partition coefficient (Wildman–Crippen LogP) is 1.70. The SMILES string of the molecule is Cc1noc(CCNC(=O)c2ccc(Br)c(N)c2)n1.